The van der Waals surface area contributed by atoms with Crippen LogP contribution in [0.25, 0.3) is 5.69 Å². The van der Waals surface area contributed by atoms with Crippen LogP contribution < -0.4 is 22.1 Å². The number of urea groups is 1. The maximum absolute atomic E-state index is 12.5. The third kappa shape index (κ3) is 4.21. The van der Waals surface area contributed by atoms with Gasteiger partial charge in [0.15, 0.2) is 0 Å². The normalized spacial score (nSPS) is 25.7. The van der Waals surface area contributed by atoms with Crippen molar-refractivity contribution in [2.75, 3.05) is 44.6 Å². The maximum atomic E-state index is 12.5. The number of anilines is 1. The van der Waals surface area contributed by atoms with Gasteiger partial charge in [-0.15, -0.1) is 0 Å². The number of piperazine rings is 1. The van der Waals surface area contributed by atoms with Gasteiger partial charge in [0.05, 0.1) is 5.69 Å². The van der Waals surface area contributed by atoms with Crippen LogP contribution in [0.2, 0.25) is 0 Å². The molecular formula is C22H29N7O2. The fraction of sp³-hybridized carbons (Fsp3) is 0.500. The van der Waals surface area contributed by atoms with Gasteiger partial charge < -0.3 is 16.0 Å². The molecule has 9 heteroatoms. The molecule has 164 valence electrons. The van der Waals surface area contributed by atoms with Crippen LogP contribution in [0.4, 0.5) is 10.6 Å². The molecule has 3 aliphatic rings. The van der Waals surface area contributed by atoms with Crippen LogP contribution >= 0.6 is 0 Å². The van der Waals surface area contributed by atoms with Gasteiger partial charge in [-0.2, -0.15) is 4.98 Å². The Balaban J connectivity index is 1.22. The first-order chi connectivity index (χ1) is 15.1. The zero-order chi connectivity index (χ0) is 21.4. The van der Waals surface area contributed by atoms with Crippen molar-refractivity contribution in [3.63, 3.8) is 0 Å². The quantitative estimate of drug-likeness (QED) is 0.659. The van der Waals surface area contributed by atoms with E-state index in [-0.39, 0.29) is 11.8 Å². The lowest BCUT2D eigenvalue weighted by atomic mass is 9.72. The summed E-state index contributed by atoms with van der Waals surface area (Å²) in [6.45, 7) is 5.93. The summed E-state index contributed by atoms with van der Waals surface area (Å²) in [7, 11) is 0. The molecule has 1 saturated carbocycles. The maximum Gasteiger partial charge on any atom is 0.354 e. The molecule has 5 rings (SSSR count). The third-order valence-electron chi connectivity index (χ3n) is 6.76. The molecule has 2 aromatic rings. The van der Waals surface area contributed by atoms with Crippen molar-refractivity contribution in [3.8, 4) is 5.69 Å². The van der Waals surface area contributed by atoms with Gasteiger partial charge in [-0.1, -0.05) is 12.1 Å². The van der Waals surface area contributed by atoms with E-state index in [1.807, 2.05) is 12.1 Å². The van der Waals surface area contributed by atoms with E-state index in [2.05, 4.69) is 32.7 Å². The minimum absolute atomic E-state index is 0.230. The topological polar surface area (TPSA) is 109 Å². The number of rotatable bonds is 4. The number of nitrogens with zero attached hydrogens (tertiary/aromatic N) is 4. The van der Waals surface area contributed by atoms with E-state index in [0.29, 0.717) is 25.0 Å². The second-order valence-corrected chi connectivity index (χ2v) is 8.82. The first-order valence-corrected chi connectivity index (χ1v) is 11.0. The van der Waals surface area contributed by atoms with Crippen LogP contribution in [0.1, 0.15) is 12.0 Å². The van der Waals surface area contributed by atoms with Gasteiger partial charge in [0.25, 0.3) is 0 Å². The lowest BCUT2D eigenvalue weighted by Gasteiger charge is -2.36. The first kappa shape index (κ1) is 20.2. The SMILES string of the molecule is NC1CC2CN(Cc3ccc(-n4ccc(NC(=O)N5CCNCC5)nc4=O)cc3)CC12. The number of hydrogen-bond acceptors (Lipinski definition) is 6. The number of likely N-dealkylation sites (tertiary alicyclic amines) is 1. The minimum atomic E-state index is -0.420. The molecule has 2 saturated heterocycles. The van der Waals surface area contributed by atoms with E-state index in [0.717, 1.165) is 50.7 Å². The molecule has 2 amide bonds. The molecule has 1 aromatic heterocycles. The van der Waals surface area contributed by atoms with Crippen molar-refractivity contribution in [1.29, 1.82) is 0 Å². The van der Waals surface area contributed by atoms with Crippen molar-refractivity contribution in [2.24, 2.45) is 17.6 Å². The molecule has 0 radical (unpaired) electrons. The van der Waals surface area contributed by atoms with Gasteiger partial charge in [0.2, 0.25) is 0 Å². The Morgan fingerprint density at radius 1 is 1.16 bits per heavy atom. The summed E-state index contributed by atoms with van der Waals surface area (Å²) in [5.74, 6) is 1.70. The zero-order valence-electron chi connectivity index (χ0n) is 17.5. The van der Waals surface area contributed by atoms with Crippen LogP contribution in [-0.4, -0.2) is 70.7 Å². The molecule has 0 spiro atoms. The van der Waals surface area contributed by atoms with E-state index >= 15 is 0 Å². The summed E-state index contributed by atoms with van der Waals surface area (Å²) in [4.78, 5) is 33.0. The van der Waals surface area contributed by atoms with E-state index in [4.69, 9.17) is 5.73 Å². The Hall–Kier alpha value is -2.75. The molecule has 9 nitrogen and oxygen atoms in total. The molecular weight excluding hydrogens is 394 g/mol. The van der Waals surface area contributed by atoms with E-state index in [9.17, 15) is 9.59 Å². The fourth-order valence-electron chi connectivity index (χ4n) is 4.93. The van der Waals surface area contributed by atoms with Crippen molar-refractivity contribution in [1.82, 2.24) is 24.7 Å². The summed E-state index contributed by atoms with van der Waals surface area (Å²) in [6.07, 6.45) is 2.80. The Labute approximate surface area is 181 Å². The summed E-state index contributed by atoms with van der Waals surface area (Å²) in [5.41, 5.74) is 7.66. The number of hydrogen-bond donors (Lipinski definition) is 3. The average Bonchev–Trinajstić information content (AvgIpc) is 3.11. The van der Waals surface area contributed by atoms with Gasteiger partial charge in [0.1, 0.15) is 5.82 Å². The third-order valence-corrected chi connectivity index (χ3v) is 6.76. The zero-order valence-corrected chi connectivity index (χ0v) is 17.5. The van der Waals surface area contributed by atoms with E-state index in [1.54, 1.807) is 17.2 Å². The molecule has 3 unspecified atom stereocenters. The molecule has 3 heterocycles. The molecule has 1 aliphatic carbocycles. The van der Waals surface area contributed by atoms with Crippen LogP contribution in [0, 0.1) is 11.8 Å². The Morgan fingerprint density at radius 2 is 1.94 bits per heavy atom. The standard InChI is InChI=1S/C22H29N7O2/c23-19-11-16-13-27(14-18(16)19)12-15-1-3-17(4-2-15)29-8-5-20(26-22(29)31)25-21(30)28-9-6-24-7-10-28/h1-5,8,16,18-19,24H,6-7,9-14,23H2,(H,25,26,30,31). The number of carbonyl (C=O) groups excluding carboxylic acids is 1. The van der Waals surface area contributed by atoms with Gasteiger partial charge in [0, 0.05) is 58.1 Å². The molecule has 2 aliphatic heterocycles. The number of nitrogens with two attached hydrogens (primary N) is 1. The highest BCUT2D eigenvalue weighted by molar-refractivity contribution is 5.88. The van der Waals surface area contributed by atoms with Crippen LogP contribution in [0.15, 0.2) is 41.3 Å². The highest BCUT2D eigenvalue weighted by Gasteiger charge is 2.44. The number of carbonyl (C=O) groups is 1. The van der Waals surface area contributed by atoms with Gasteiger partial charge in [-0.05, 0) is 42.0 Å². The second kappa shape index (κ2) is 8.41. The first-order valence-electron chi connectivity index (χ1n) is 11.0. The highest BCUT2D eigenvalue weighted by atomic mass is 16.2. The van der Waals surface area contributed by atoms with Crippen LogP contribution in [0.5, 0.6) is 0 Å². The molecule has 3 atom stereocenters. The minimum Gasteiger partial charge on any atom is -0.327 e. The summed E-state index contributed by atoms with van der Waals surface area (Å²) in [5, 5.41) is 5.92. The molecule has 31 heavy (non-hydrogen) atoms. The second-order valence-electron chi connectivity index (χ2n) is 8.82. The summed E-state index contributed by atoms with van der Waals surface area (Å²) < 4.78 is 1.49. The van der Waals surface area contributed by atoms with Crippen LogP contribution in [0.3, 0.4) is 0 Å². The molecule has 4 N–H and O–H groups in total. The van der Waals surface area contributed by atoms with Gasteiger partial charge in [-0.3, -0.25) is 14.8 Å². The monoisotopic (exact) mass is 423 g/mol. The van der Waals surface area contributed by atoms with E-state index in [1.165, 1.54) is 10.1 Å². The predicted octanol–water partition coefficient (Wildman–Crippen LogP) is 0.449. The smallest absolute Gasteiger partial charge is 0.327 e. The van der Waals surface area contributed by atoms with Crippen LogP contribution in [-0.2, 0) is 6.54 Å². The lowest BCUT2D eigenvalue weighted by Crippen LogP contribution is -2.48. The largest absolute Gasteiger partial charge is 0.354 e. The number of aromatic nitrogens is 2. The van der Waals surface area contributed by atoms with Gasteiger partial charge in [-0.25, -0.2) is 9.59 Å². The fourth-order valence-corrected chi connectivity index (χ4v) is 4.93. The van der Waals surface area contributed by atoms with Crippen molar-refractivity contribution >= 4 is 11.8 Å². The van der Waals surface area contributed by atoms with Crippen molar-refractivity contribution < 1.29 is 4.79 Å². The van der Waals surface area contributed by atoms with Crippen molar-refractivity contribution in [2.45, 2.75) is 19.0 Å². The number of nitrogens with one attached hydrogen (secondary N) is 2. The van der Waals surface area contributed by atoms with Gasteiger partial charge >= 0.3 is 11.7 Å². The predicted molar refractivity (Wildman–Crippen MR) is 118 cm³/mol. The average molecular weight is 424 g/mol. The Bertz CT molecular complexity index is 1000. The Morgan fingerprint density at radius 3 is 2.61 bits per heavy atom. The molecule has 0 bridgehead atoms. The molecule has 3 fully saturated rings. The summed E-state index contributed by atoms with van der Waals surface area (Å²) in [6, 6.07) is 9.79. The number of fused-ring (bicyclic) bond motifs is 1. The van der Waals surface area contributed by atoms with E-state index < -0.39 is 5.69 Å². The number of benzene rings is 1. The lowest BCUT2D eigenvalue weighted by molar-refractivity contribution is 0.194. The molecule has 1 aromatic carbocycles. The summed E-state index contributed by atoms with van der Waals surface area (Å²) >= 11 is 0. The van der Waals surface area contributed by atoms with Crippen molar-refractivity contribution in [3.05, 3.63) is 52.6 Å². The highest BCUT2D eigenvalue weighted by Crippen LogP contribution is 2.40. The Kier molecular flexibility index (Phi) is 5.47. The number of amides is 2.